The second kappa shape index (κ2) is 12.1. The number of halogens is 3. The van der Waals surface area contributed by atoms with Crippen molar-refractivity contribution in [1.29, 1.82) is 0 Å². The molecule has 1 aliphatic heterocycles. The summed E-state index contributed by atoms with van der Waals surface area (Å²) in [5, 5.41) is 18.5. The first-order valence-electron chi connectivity index (χ1n) is 11.2. The number of aromatic nitrogens is 2. The van der Waals surface area contributed by atoms with Crippen LogP contribution < -0.4 is 16.0 Å². The molecule has 1 aromatic heterocycles. The summed E-state index contributed by atoms with van der Waals surface area (Å²) in [6, 6.07) is 19.8. The van der Waals surface area contributed by atoms with Gasteiger partial charge in [-0.3, -0.25) is 4.79 Å². The normalized spacial score (nSPS) is 13.9. The summed E-state index contributed by atoms with van der Waals surface area (Å²) in [4.78, 5) is 24.1. The Hall–Kier alpha value is -3.99. The smallest absolute Gasteiger partial charge is 0.475 e. The highest BCUT2D eigenvalue weighted by molar-refractivity contribution is 6.01. The van der Waals surface area contributed by atoms with Gasteiger partial charge >= 0.3 is 12.1 Å². The summed E-state index contributed by atoms with van der Waals surface area (Å²) < 4.78 is 31.7. The van der Waals surface area contributed by atoms with Crippen LogP contribution >= 0.6 is 0 Å². The molecule has 2 aromatic carbocycles. The van der Waals surface area contributed by atoms with Crippen molar-refractivity contribution < 1.29 is 27.9 Å². The Labute approximate surface area is 206 Å². The zero-order valence-electron chi connectivity index (χ0n) is 19.3. The Kier molecular flexibility index (Phi) is 8.96. The number of aliphatic carboxylic acids is 1. The van der Waals surface area contributed by atoms with E-state index < -0.39 is 12.1 Å². The fourth-order valence-electron chi connectivity index (χ4n) is 3.73. The minimum absolute atomic E-state index is 0.0264. The molecular weight excluding hydrogens is 475 g/mol. The van der Waals surface area contributed by atoms with Crippen molar-refractivity contribution in [3.8, 4) is 11.1 Å². The van der Waals surface area contributed by atoms with Crippen molar-refractivity contribution in [2.75, 3.05) is 18.0 Å². The molecule has 190 valence electrons. The maximum Gasteiger partial charge on any atom is 0.490 e. The number of nitrogens with two attached hydrogens (primary N) is 1. The maximum absolute atomic E-state index is 13.0. The largest absolute Gasteiger partial charge is 0.490 e. The first-order chi connectivity index (χ1) is 17.2. The number of carboxylic acids is 1. The van der Waals surface area contributed by atoms with Crippen LogP contribution in [0.25, 0.3) is 11.1 Å². The average Bonchev–Trinajstić information content (AvgIpc) is 2.89. The van der Waals surface area contributed by atoms with Crippen molar-refractivity contribution in [3.63, 3.8) is 0 Å². The zero-order chi connectivity index (χ0) is 26.1. The van der Waals surface area contributed by atoms with Crippen molar-refractivity contribution in [1.82, 2.24) is 15.5 Å². The van der Waals surface area contributed by atoms with Gasteiger partial charge in [-0.25, -0.2) is 4.79 Å². The van der Waals surface area contributed by atoms with Crippen LogP contribution in [0.3, 0.4) is 0 Å². The first-order valence-corrected chi connectivity index (χ1v) is 11.2. The monoisotopic (exact) mass is 501 g/mol. The van der Waals surface area contributed by atoms with Gasteiger partial charge in [-0.15, -0.1) is 5.10 Å². The third-order valence-corrected chi connectivity index (χ3v) is 5.63. The van der Waals surface area contributed by atoms with Gasteiger partial charge in [0, 0.05) is 37.4 Å². The lowest BCUT2D eigenvalue weighted by Gasteiger charge is -2.32. The van der Waals surface area contributed by atoms with Gasteiger partial charge in [0.15, 0.2) is 5.82 Å². The summed E-state index contributed by atoms with van der Waals surface area (Å²) in [6.45, 7) is 2.22. The molecule has 1 aliphatic rings. The Bertz CT molecular complexity index is 1150. The van der Waals surface area contributed by atoms with Crippen LogP contribution in [0, 0.1) is 0 Å². The number of alkyl halides is 3. The summed E-state index contributed by atoms with van der Waals surface area (Å²) in [7, 11) is 0. The van der Waals surface area contributed by atoms with E-state index in [1.165, 1.54) is 0 Å². The molecule has 2 heterocycles. The van der Waals surface area contributed by atoms with Crippen LogP contribution in [0.2, 0.25) is 0 Å². The minimum Gasteiger partial charge on any atom is -0.475 e. The summed E-state index contributed by atoms with van der Waals surface area (Å²) in [5.74, 6) is -1.89. The second-order valence-electron chi connectivity index (χ2n) is 8.07. The molecular formula is C25H26F3N5O3. The van der Waals surface area contributed by atoms with E-state index in [4.69, 9.17) is 15.6 Å². The van der Waals surface area contributed by atoms with E-state index in [2.05, 4.69) is 20.4 Å². The summed E-state index contributed by atoms with van der Waals surface area (Å²) in [6.07, 6.45) is -1.64. The third-order valence-electron chi connectivity index (χ3n) is 5.63. The topological polar surface area (TPSA) is 121 Å². The fourth-order valence-corrected chi connectivity index (χ4v) is 3.73. The Morgan fingerprint density at radius 3 is 2.22 bits per heavy atom. The standard InChI is InChI=1S/C23H25N5O.C2HF3O2/c24-16-17-7-9-18(10-8-17)20-4-1-2-5-21(20)23(29)26-19-11-14-28(15-12-19)22-6-3-13-25-27-22;3-2(4,5)1(6)7/h1-10,13,19H,11-12,14-16,24H2,(H,26,29);(H,6,7). The van der Waals surface area contributed by atoms with Crippen LogP contribution in [0.1, 0.15) is 28.8 Å². The van der Waals surface area contributed by atoms with E-state index in [-0.39, 0.29) is 11.9 Å². The number of piperidine rings is 1. The highest BCUT2D eigenvalue weighted by atomic mass is 19.4. The van der Waals surface area contributed by atoms with Crippen LogP contribution in [-0.2, 0) is 11.3 Å². The highest BCUT2D eigenvalue weighted by Gasteiger charge is 2.38. The number of benzene rings is 2. The Morgan fingerprint density at radius 2 is 1.67 bits per heavy atom. The van der Waals surface area contributed by atoms with Gasteiger partial charge in [-0.1, -0.05) is 42.5 Å². The van der Waals surface area contributed by atoms with Gasteiger partial charge in [-0.2, -0.15) is 18.3 Å². The quantitative estimate of drug-likeness (QED) is 0.488. The number of carboxylic acid groups (broad SMARTS) is 1. The Balaban J connectivity index is 0.000000454. The first kappa shape index (κ1) is 26.6. The molecule has 0 atom stereocenters. The lowest BCUT2D eigenvalue weighted by Crippen LogP contribution is -2.45. The van der Waals surface area contributed by atoms with Crippen LogP contribution in [0.15, 0.2) is 66.9 Å². The molecule has 0 unspecified atom stereocenters. The number of amides is 1. The molecule has 0 radical (unpaired) electrons. The van der Waals surface area contributed by atoms with Crippen molar-refractivity contribution in [3.05, 3.63) is 78.0 Å². The summed E-state index contributed by atoms with van der Waals surface area (Å²) >= 11 is 0. The zero-order valence-corrected chi connectivity index (χ0v) is 19.3. The number of nitrogens with one attached hydrogen (secondary N) is 1. The Morgan fingerprint density at radius 1 is 1.03 bits per heavy atom. The lowest BCUT2D eigenvalue weighted by molar-refractivity contribution is -0.192. The van der Waals surface area contributed by atoms with Gasteiger partial charge in [0.25, 0.3) is 5.91 Å². The van der Waals surface area contributed by atoms with E-state index in [1.54, 1.807) is 6.20 Å². The molecule has 1 fully saturated rings. The van der Waals surface area contributed by atoms with E-state index in [0.29, 0.717) is 12.1 Å². The van der Waals surface area contributed by atoms with Gasteiger partial charge < -0.3 is 21.1 Å². The van der Waals surface area contributed by atoms with Crippen LogP contribution in [-0.4, -0.2) is 52.5 Å². The van der Waals surface area contributed by atoms with Crippen molar-refractivity contribution in [2.45, 2.75) is 31.6 Å². The average molecular weight is 502 g/mol. The molecule has 1 amide bonds. The number of hydrogen-bond donors (Lipinski definition) is 3. The molecule has 4 rings (SSSR count). The van der Waals surface area contributed by atoms with Crippen molar-refractivity contribution >= 4 is 17.7 Å². The molecule has 3 aromatic rings. The van der Waals surface area contributed by atoms with E-state index in [9.17, 15) is 18.0 Å². The van der Waals surface area contributed by atoms with Gasteiger partial charge in [0.2, 0.25) is 0 Å². The minimum atomic E-state index is -5.08. The molecule has 0 saturated carbocycles. The molecule has 4 N–H and O–H groups in total. The predicted octanol–water partition coefficient (Wildman–Crippen LogP) is 3.63. The predicted molar refractivity (Wildman–Crippen MR) is 128 cm³/mol. The third kappa shape index (κ3) is 7.25. The van der Waals surface area contributed by atoms with E-state index in [0.717, 1.165) is 48.4 Å². The number of hydrogen-bond acceptors (Lipinski definition) is 6. The highest BCUT2D eigenvalue weighted by Crippen LogP contribution is 2.25. The molecule has 0 bridgehead atoms. The lowest BCUT2D eigenvalue weighted by atomic mass is 9.97. The number of carbonyl (C=O) groups excluding carboxylic acids is 1. The van der Waals surface area contributed by atoms with Crippen LogP contribution in [0.5, 0.6) is 0 Å². The van der Waals surface area contributed by atoms with Gasteiger partial charge in [0.05, 0.1) is 0 Å². The number of rotatable bonds is 5. The second-order valence-corrected chi connectivity index (χ2v) is 8.07. The summed E-state index contributed by atoms with van der Waals surface area (Å²) in [5.41, 5.74) is 9.42. The molecule has 11 heteroatoms. The maximum atomic E-state index is 13.0. The number of carbonyl (C=O) groups is 2. The van der Waals surface area contributed by atoms with E-state index >= 15 is 0 Å². The SMILES string of the molecule is NCc1ccc(-c2ccccc2C(=O)NC2CCN(c3cccnn3)CC2)cc1.O=C(O)C(F)(F)F. The number of anilines is 1. The molecule has 1 saturated heterocycles. The van der Waals surface area contributed by atoms with E-state index in [1.807, 2.05) is 60.7 Å². The molecule has 0 aliphatic carbocycles. The van der Waals surface area contributed by atoms with Gasteiger partial charge in [-0.05, 0) is 47.7 Å². The fraction of sp³-hybridized carbons (Fsp3) is 0.280. The molecule has 36 heavy (non-hydrogen) atoms. The van der Waals surface area contributed by atoms with Crippen LogP contribution in [0.4, 0.5) is 19.0 Å². The van der Waals surface area contributed by atoms with Crippen molar-refractivity contribution in [2.24, 2.45) is 5.73 Å². The molecule has 0 spiro atoms. The van der Waals surface area contributed by atoms with Gasteiger partial charge in [0.1, 0.15) is 0 Å². The number of nitrogens with zero attached hydrogens (tertiary/aromatic N) is 3. The molecule has 8 nitrogen and oxygen atoms in total.